The van der Waals surface area contributed by atoms with Gasteiger partial charge in [0, 0.05) is 30.9 Å². The number of nitrogens with zero attached hydrogens (tertiary/aromatic N) is 4. The van der Waals surface area contributed by atoms with Crippen LogP contribution in [0.1, 0.15) is 35.6 Å². The van der Waals surface area contributed by atoms with Crippen molar-refractivity contribution in [3.63, 3.8) is 0 Å². The van der Waals surface area contributed by atoms with E-state index in [1.165, 1.54) is 4.57 Å². The first-order valence-electron chi connectivity index (χ1n) is 9.82. The summed E-state index contributed by atoms with van der Waals surface area (Å²) in [5, 5.41) is 14.9. The normalized spacial score (nSPS) is 13.5. The summed E-state index contributed by atoms with van der Waals surface area (Å²) in [5.74, 6) is -0.623. The highest BCUT2D eigenvalue weighted by atomic mass is 16.4. The van der Waals surface area contributed by atoms with Gasteiger partial charge in [-0.1, -0.05) is 29.8 Å². The Labute approximate surface area is 178 Å². The van der Waals surface area contributed by atoms with Gasteiger partial charge < -0.3 is 10.4 Å². The number of benzene rings is 1. The zero-order valence-corrected chi connectivity index (χ0v) is 17.3. The van der Waals surface area contributed by atoms with Crippen molar-refractivity contribution in [2.24, 2.45) is 9.98 Å². The molecule has 1 unspecified atom stereocenters. The van der Waals surface area contributed by atoms with E-state index in [0.717, 1.165) is 5.56 Å². The number of carboxylic acids is 1. The lowest BCUT2D eigenvalue weighted by Crippen LogP contribution is -2.31. The maximum Gasteiger partial charge on any atom is 0.350 e. The number of carbonyl (C=O) groups excluding carboxylic acids is 1. The number of aliphatic carboxylic acids is 1. The number of carbonyl (C=O) groups is 2. The van der Waals surface area contributed by atoms with Crippen LogP contribution in [-0.4, -0.2) is 51.8 Å². The number of aryl methyl sites for hydroxylation is 2. The van der Waals surface area contributed by atoms with Gasteiger partial charge in [-0.05, 0) is 19.4 Å². The average molecular weight is 424 g/mol. The maximum absolute atomic E-state index is 12.7. The Morgan fingerprint density at radius 1 is 1.23 bits per heavy atom. The largest absolute Gasteiger partial charge is 0.481 e. The van der Waals surface area contributed by atoms with Gasteiger partial charge in [0.15, 0.2) is 0 Å². The molecule has 2 heterocycles. The first-order valence-corrected chi connectivity index (χ1v) is 9.82. The predicted octanol–water partition coefficient (Wildman–Crippen LogP) is 1.28. The Bertz CT molecular complexity index is 1090. The smallest absolute Gasteiger partial charge is 0.350 e. The van der Waals surface area contributed by atoms with Gasteiger partial charge in [-0.2, -0.15) is 4.98 Å². The second-order valence-corrected chi connectivity index (χ2v) is 7.19. The Morgan fingerprint density at radius 2 is 1.97 bits per heavy atom. The first kappa shape index (κ1) is 21.9. The Morgan fingerprint density at radius 3 is 2.61 bits per heavy atom. The number of carboxylic acid groups (broad SMARTS) is 1. The zero-order chi connectivity index (χ0) is 22.4. The van der Waals surface area contributed by atoms with Crippen LogP contribution in [0, 0.1) is 13.8 Å². The quantitative estimate of drug-likeness (QED) is 0.584. The summed E-state index contributed by atoms with van der Waals surface area (Å²) < 4.78 is 1.34. The third kappa shape index (κ3) is 5.84. The molecule has 3 rings (SSSR count). The van der Waals surface area contributed by atoms with Crippen molar-refractivity contribution in [3.8, 4) is 0 Å². The minimum absolute atomic E-state index is 0.143. The van der Waals surface area contributed by atoms with Crippen LogP contribution in [0.2, 0.25) is 0 Å². The minimum Gasteiger partial charge on any atom is -0.481 e. The molecule has 3 N–H and O–H groups in total. The number of hydrogen-bond donors (Lipinski definition) is 3. The van der Waals surface area contributed by atoms with Crippen LogP contribution in [-0.2, 0) is 9.59 Å². The summed E-state index contributed by atoms with van der Waals surface area (Å²) in [7, 11) is 0. The van der Waals surface area contributed by atoms with Gasteiger partial charge >= 0.3 is 11.7 Å². The van der Waals surface area contributed by atoms with Crippen molar-refractivity contribution in [2.45, 2.75) is 32.7 Å². The molecule has 1 amide bonds. The molecule has 31 heavy (non-hydrogen) atoms. The molecule has 0 bridgehead atoms. The molecule has 0 spiro atoms. The first-order chi connectivity index (χ1) is 14.8. The van der Waals surface area contributed by atoms with E-state index in [4.69, 9.17) is 0 Å². The summed E-state index contributed by atoms with van der Waals surface area (Å²) >= 11 is 0. The number of amides is 1. The lowest BCUT2D eigenvalue weighted by molar-refractivity contribution is -0.137. The van der Waals surface area contributed by atoms with Crippen LogP contribution in [0.4, 0.5) is 5.82 Å². The van der Waals surface area contributed by atoms with E-state index < -0.39 is 17.7 Å². The van der Waals surface area contributed by atoms with Crippen LogP contribution in [0.5, 0.6) is 0 Å². The molecule has 10 heteroatoms. The minimum atomic E-state index is -1.01. The highest BCUT2D eigenvalue weighted by Gasteiger charge is 2.20. The third-order valence-electron chi connectivity index (χ3n) is 4.73. The summed E-state index contributed by atoms with van der Waals surface area (Å²) in [6.07, 6.45) is 3.09. The molecule has 162 valence electrons. The Hall–Kier alpha value is -3.82. The van der Waals surface area contributed by atoms with Crippen molar-refractivity contribution in [3.05, 3.63) is 57.6 Å². The van der Waals surface area contributed by atoms with Gasteiger partial charge in [-0.3, -0.25) is 19.5 Å². The SMILES string of the molecule is Cc1ccc(C(CC(=O)O)n2cc(C)c(NCCC(=O)NC3=NCC=N3)nc2=O)cc1. The summed E-state index contributed by atoms with van der Waals surface area (Å²) in [6.45, 7) is 4.42. The fourth-order valence-corrected chi connectivity index (χ4v) is 3.15. The fraction of sp³-hybridized carbons (Fsp3) is 0.333. The van der Waals surface area contributed by atoms with E-state index in [-0.39, 0.29) is 25.3 Å². The van der Waals surface area contributed by atoms with Crippen molar-refractivity contribution in [1.82, 2.24) is 14.9 Å². The Kier molecular flexibility index (Phi) is 6.91. The maximum atomic E-state index is 12.7. The third-order valence-corrected chi connectivity index (χ3v) is 4.73. The molecule has 10 nitrogen and oxygen atoms in total. The van der Waals surface area contributed by atoms with Gasteiger partial charge in [0.25, 0.3) is 0 Å². The summed E-state index contributed by atoms with van der Waals surface area (Å²) in [6, 6.07) is 6.70. The molecule has 1 aromatic heterocycles. The van der Waals surface area contributed by atoms with Crippen LogP contribution < -0.4 is 16.3 Å². The lowest BCUT2D eigenvalue weighted by atomic mass is 10.0. The predicted molar refractivity (Wildman–Crippen MR) is 117 cm³/mol. The lowest BCUT2D eigenvalue weighted by Gasteiger charge is -2.20. The molecule has 0 aliphatic carbocycles. The number of nitrogens with one attached hydrogen (secondary N) is 2. The molecule has 1 aliphatic heterocycles. The fourth-order valence-electron chi connectivity index (χ4n) is 3.15. The van der Waals surface area contributed by atoms with Gasteiger partial charge in [-0.15, -0.1) is 0 Å². The van der Waals surface area contributed by atoms with E-state index in [1.807, 2.05) is 31.2 Å². The average Bonchev–Trinajstić information content (AvgIpc) is 3.22. The van der Waals surface area contributed by atoms with Crippen LogP contribution in [0.15, 0.2) is 45.2 Å². The highest BCUT2D eigenvalue weighted by molar-refractivity contribution is 6.02. The number of anilines is 1. The van der Waals surface area contributed by atoms with Crippen molar-refractivity contribution >= 4 is 29.9 Å². The zero-order valence-electron chi connectivity index (χ0n) is 17.3. The molecule has 2 aromatic rings. The van der Waals surface area contributed by atoms with E-state index in [9.17, 15) is 19.5 Å². The molecule has 1 aliphatic rings. The number of guanidine groups is 1. The van der Waals surface area contributed by atoms with E-state index in [0.29, 0.717) is 29.4 Å². The van der Waals surface area contributed by atoms with Crippen LogP contribution >= 0.6 is 0 Å². The molecule has 0 saturated heterocycles. The Balaban J connectivity index is 1.72. The molecule has 1 atom stereocenters. The summed E-state index contributed by atoms with van der Waals surface area (Å²) in [4.78, 5) is 48.0. The molecular weight excluding hydrogens is 400 g/mol. The van der Waals surface area contributed by atoms with Crippen LogP contribution in [0.3, 0.4) is 0 Å². The van der Waals surface area contributed by atoms with Gasteiger partial charge in [-0.25, -0.2) is 14.8 Å². The molecule has 0 fully saturated rings. The topological polar surface area (TPSA) is 138 Å². The number of aliphatic imine (C=N–C) groups is 2. The van der Waals surface area contributed by atoms with E-state index >= 15 is 0 Å². The van der Waals surface area contributed by atoms with Gasteiger partial charge in [0.1, 0.15) is 5.82 Å². The molecule has 0 radical (unpaired) electrons. The summed E-state index contributed by atoms with van der Waals surface area (Å²) in [5.41, 5.74) is 1.84. The number of rotatable bonds is 8. The molecular formula is C21H24N6O4. The van der Waals surface area contributed by atoms with Crippen molar-refractivity contribution < 1.29 is 14.7 Å². The second kappa shape index (κ2) is 9.79. The molecule has 1 aromatic carbocycles. The van der Waals surface area contributed by atoms with Crippen LogP contribution in [0.25, 0.3) is 0 Å². The van der Waals surface area contributed by atoms with Crippen molar-refractivity contribution in [1.29, 1.82) is 0 Å². The van der Waals surface area contributed by atoms with E-state index in [2.05, 4.69) is 25.6 Å². The monoisotopic (exact) mass is 424 g/mol. The van der Waals surface area contributed by atoms with Gasteiger partial charge in [0.2, 0.25) is 11.9 Å². The standard InChI is InChI=1S/C21H24N6O4/c1-13-3-5-15(6-4-13)16(11-18(29)30)27-12-14(2)19(26-21(27)31)22-8-7-17(28)25-20-23-9-10-24-20/h3-6,9,12,16H,7-8,10-11H2,1-2H3,(H,29,30)(H,22,26,31)(H,24,25,28). The molecule has 0 saturated carbocycles. The second-order valence-electron chi connectivity index (χ2n) is 7.19. The van der Waals surface area contributed by atoms with Gasteiger partial charge in [0.05, 0.1) is 19.0 Å². The highest BCUT2D eigenvalue weighted by Crippen LogP contribution is 2.22. The van der Waals surface area contributed by atoms with Crippen molar-refractivity contribution in [2.75, 3.05) is 18.4 Å². The number of aromatic nitrogens is 2. The van der Waals surface area contributed by atoms with E-state index in [1.54, 1.807) is 19.3 Å². The number of hydrogen-bond acceptors (Lipinski definition) is 7.